The summed E-state index contributed by atoms with van der Waals surface area (Å²) in [6.45, 7) is 5.24. The second-order valence-corrected chi connectivity index (χ2v) is 6.85. The molecule has 98 valence electrons. The quantitative estimate of drug-likeness (QED) is 0.809. The molecule has 2 saturated carbocycles. The molecule has 0 aromatic rings. The normalized spacial score (nSPS) is 43.9. The van der Waals surface area contributed by atoms with Crippen molar-refractivity contribution in [2.24, 2.45) is 11.3 Å². The van der Waals surface area contributed by atoms with Crippen molar-refractivity contribution < 1.29 is 9.84 Å². The number of ether oxygens (including phenoxy) is 1. The maximum Gasteiger partial charge on any atom is 0.0674 e. The summed E-state index contributed by atoms with van der Waals surface area (Å²) in [6.07, 6.45) is 6.12. The Morgan fingerprint density at radius 2 is 2.12 bits per heavy atom. The van der Waals surface area contributed by atoms with Gasteiger partial charge in [0.25, 0.3) is 0 Å². The zero-order chi connectivity index (χ0) is 12.1. The predicted molar refractivity (Wildman–Crippen MR) is 66.9 cm³/mol. The lowest BCUT2D eigenvalue weighted by Gasteiger charge is -2.53. The maximum atomic E-state index is 10.3. The summed E-state index contributed by atoms with van der Waals surface area (Å²) in [6, 6.07) is 0.615. The lowest BCUT2D eigenvalue weighted by molar-refractivity contribution is -0.121. The van der Waals surface area contributed by atoms with Crippen LogP contribution in [0.15, 0.2) is 0 Å². The van der Waals surface area contributed by atoms with Gasteiger partial charge in [-0.1, -0.05) is 0 Å². The Morgan fingerprint density at radius 1 is 1.35 bits per heavy atom. The minimum absolute atomic E-state index is 0.405. The average Bonchev–Trinajstić information content (AvgIpc) is 2.99. The summed E-state index contributed by atoms with van der Waals surface area (Å²) in [5, 5.41) is 10.3. The van der Waals surface area contributed by atoms with Crippen molar-refractivity contribution in [3.05, 3.63) is 0 Å². The van der Waals surface area contributed by atoms with Crippen LogP contribution in [-0.4, -0.2) is 48.5 Å². The monoisotopic (exact) mass is 239 g/mol. The van der Waals surface area contributed by atoms with E-state index < -0.39 is 5.60 Å². The Hall–Kier alpha value is -0.120. The molecule has 2 saturated heterocycles. The van der Waals surface area contributed by atoms with Gasteiger partial charge in [0.1, 0.15) is 0 Å². The molecular weight excluding hydrogens is 214 g/mol. The predicted octanol–water partition coefficient (Wildman–Crippen LogP) is 1.65. The number of nitrogens with zero attached hydrogens (tertiary/aromatic N) is 1. The maximum absolute atomic E-state index is 10.3. The van der Waals surface area contributed by atoms with Crippen molar-refractivity contribution in [1.29, 1.82) is 0 Å². The van der Waals surface area contributed by atoms with Gasteiger partial charge in [0, 0.05) is 37.6 Å². The van der Waals surface area contributed by atoms with Gasteiger partial charge in [0.05, 0.1) is 12.2 Å². The Kier molecular flexibility index (Phi) is 2.77. The number of hydrogen-bond acceptors (Lipinski definition) is 3. The Bertz CT molecular complexity index is 299. The van der Waals surface area contributed by atoms with Crippen LogP contribution in [0.4, 0.5) is 0 Å². The van der Waals surface area contributed by atoms with E-state index in [4.69, 9.17) is 4.74 Å². The third kappa shape index (κ3) is 2.13. The average molecular weight is 239 g/mol. The summed E-state index contributed by atoms with van der Waals surface area (Å²) in [5.41, 5.74) is 0.0511. The van der Waals surface area contributed by atoms with E-state index in [2.05, 4.69) is 4.90 Å². The number of aliphatic hydroxyl groups is 1. The molecule has 3 heteroatoms. The summed E-state index contributed by atoms with van der Waals surface area (Å²) in [5.74, 6) is 0.492. The summed E-state index contributed by atoms with van der Waals surface area (Å²) < 4.78 is 5.36. The van der Waals surface area contributed by atoms with Crippen molar-refractivity contribution in [2.45, 2.75) is 50.7 Å². The molecule has 2 bridgehead atoms. The molecule has 1 N–H and O–H groups in total. The van der Waals surface area contributed by atoms with Crippen LogP contribution in [0, 0.1) is 11.3 Å². The molecule has 0 amide bonds. The first kappa shape index (κ1) is 11.9. The van der Waals surface area contributed by atoms with Gasteiger partial charge < -0.3 is 9.84 Å². The van der Waals surface area contributed by atoms with E-state index in [0.29, 0.717) is 17.4 Å². The number of fused-ring (bicyclic) bond motifs is 3. The van der Waals surface area contributed by atoms with Crippen molar-refractivity contribution in [3.8, 4) is 0 Å². The van der Waals surface area contributed by atoms with Crippen LogP contribution in [0.5, 0.6) is 0 Å². The van der Waals surface area contributed by atoms with Crippen molar-refractivity contribution in [1.82, 2.24) is 4.90 Å². The fraction of sp³-hybridized carbons (Fsp3) is 1.00. The van der Waals surface area contributed by atoms with E-state index >= 15 is 0 Å². The molecule has 0 spiro atoms. The van der Waals surface area contributed by atoms with Crippen LogP contribution in [0.3, 0.4) is 0 Å². The molecule has 4 rings (SSSR count). The molecule has 3 nitrogen and oxygen atoms in total. The van der Waals surface area contributed by atoms with E-state index in [-0.39, 0.29) is 0 Å². The summed E-state index contributed by atoms with van der Waals surface area (Å²) in [4.78, 5) is 2.64. The van der Waals surface area contributed by atoms with E-state index in [1.807, 2.05) is 14.0 Å². The SMILES string of the molecule is COCC1(CN2CC3CCC2CC3(C)O)CC1. The minimum atomic E-state index is -0.405. The molecule has 2 aliphatic carbocycles. The van der Waals surface area contributed by atoms with Gasteiger partial charge in [0.2, 0.25) is 0 Å². The van der Waals surface area contributed by atoms with E-state index in [9.17, 15) is 5.11 Å². The van der Waals surface area contributed by atoms with Crippen molar-refractivity contribution in [3.63, 3.8) is 0 Å². The molecule has 4 aliphatic rings. The Labute approximate surface area is 104 Å². The zero-order valence-corrected chi connectivity index (χ0v) is 11.1. The largest absolute Gasteiger partial charge is 0.390 e. The van der Waals surface area contributed by atoms with Gasteiger partial charge in [0.15, 0.2) is 0 Å². The number of hydrogen-bond donors (Lipinski definition) is 1. The van der Waals surface area contributed by atoms with Crippen LogP contribution in [0.2, 0.25) is 0 Å². The van der Waals surface area contributed by atoms with Crippen LogP contribution < -0.4 is 0 Å². The van der Waals surface area contributed by atoms with E-state index in [1.54, 1.807) is 0 Å². The topological polar surface area (TPSA) is 32.7 Å². The summed E-state index contributed by atoms with van der Waals surface area (Å²) >= 11 is 0. The highest BCUT2D eigenvalue weighted by Gasteiger charge is 2.51. The van der Waals surface area contributed by atoms with E-state index in [1.165, 1.54) is 32.2 Å². The Balaban J connectivity index is 1.63. The first-order valence-electron chi connectivity index (χ1n) is 7.00. The summed E-state index contributed by atoms with van der Waals surface area (Å²) in [7, 11) is 1.81. The van der Waals surface area contributed by atoms with Gasteiger partial charge in [-0.2, -0.15) is 0 Å². The molecule has 4 fully saturated rings. The third-order valence-electron chi connectivity index (χ3n) is 5.29. The Morgan fingerprint density at radius 3 is 2.59 bits per heavy atom. The zero-order valence-electron chi connectivity index (χ0n) is 11.1. The highest BCUT2D eigenvalue weighted by molar-refractivity contribution is 5.04. The van der Waals surface area contributed by atoms with Gasteiger partial charge >= 0.3 is 0 Å². The van der Waals surface area contributed by atoms with Crippen LogP contribution in [0.1, 0.15) is 39.0 Å². The second-order valence-electron chi connectivity index (χ2n) is 6.85. The molecule has 2 heterocycles. The molecule has 3 unspecified atom stereocenters. The van der Waals surface area contributed by atoms with Crippen LogP contribution in [0.25, 0.3) is 0 Å². The van der Waals surface area contributed by atoms with Gasteiger partial charge in [-0.15, -0.1) is 0 Å². The van der Waals surface area contributed by atoms with Gasteiger partial charge in [-0.05, 0) is 39.0 Å². The lowest BCUT2D eigenvalue weighted by Crippen LogP contribution is -2.60. The minimum Gasteiger partial charge on any atom is -0.390 e. The fourth-order valence-corrected chi connectivity index (χ4v) is 3.94. The molecule has 0 radical (unpaired) electrons. The highest BCUT2D eigenvalue weighted by Crippen LogP contribution is 2.49. The smallest absolute Gasteiger partial charge is 0.0674 e. The molecule has 0 aromatic heterocycles. The first-order valence-corrected chi connectivity index (χ1v) is 7.00. The highest BCUT2D eigenvalue weighted by atomic mass is 16.5. The molecule has 2 aliphatic heterocycles. The van der Waals surface area contributed by atoms with E-state index in [0.717, 1.165) is 19.6 Å². The molecule has 17 heavy (non-hydrogen) atoms. The molecule has 3 atom stereocenters. The molecule has 0 aromatic carbocycles. The lowest BCUT2D eigenvalue weighted by atomic mass is 9.69. The molecular formula is C14H25NO2. The van der Waals surface area contributed by atoms with Crippen LogP contribution >= 0.6 is 0 Å². The van der Waals surface area contributed by atoms with Gasteiger partial charge in [-0.25, -0.2) is 0 Å². The first-order chi connectivity index (χ1) is 8.05. The van der Waals surface area contributed by atoms with Crippen LogP contribution in [-0.2, 0) is 4.74 Å². The van der Waals surface area contributed by atoms with Gasteiger partial charge in [-0.3, -0.25) is 4.90 Å². The fourth-order valence-electron chi connectivity index (χ4n) is 3.94. The number of piperidine rings is 2. The number of methoxy groups -OCH3 is 1. The van der Waals surface area contributed by atoms with Crippen molar-refractivity contribution >= 4 is 0 Å². The second kappa shape index (κ2) is 3.94. The van der Waals surface area contributed by atoms with Crippen molar-refractivity contribution in [2.75, 3.05) is 26.8 Å². The third-order valence-corrected chi connectivity index (χ3v) is 5.29. The number of rotatable bonds is 4. The standard InChI is InChI=1S/C14H25NO2/c1-13(16)7-12-4-3-11(13)8-15(12)9-14(5-6-14)10-17-2/h11-12,16H,3-10H2,1-2H3.